The van der Waals surface area contributed by atoms with Crippen LogP contribution in [0.5, 0.6) is 0 Å². The highest BCUT2D eigenvalue weighted by Crippen LogP contribution is 2.54. The molecule has 0 atom stereocenters. The Morgan fingerprint density at radius 3 is 1.87 bits per heavy atom. The topological polar surface area (TPSA) is 71.1 Å². The van der Waals surface area contributed by atoms with E-state index >= 15 is 4.39 Å². The Bertz CT molecular complexity index is 1380. The predicted octanol–water partition coefficient (Wildman–Crippen LogP) is 8.19. The fraction of sp³-hybridized carbons (Fsp3) is 0.136. The number of amides is 2. The maximum absolute atomic E-state index is 15.0. The van der Waals surface area contributed by atoms with Gasteiger partial charge in [0.15, 0.2) is 5.82 Å². The molecule has 3 aromatic rings. The number of nitrogens with zero attached hydrogens (tertiary/aromatic N) is 1. The molecule has 0 saturated heterocycles. The molecule has 2 amide bonds. The first-order valence-electron chi connectivity index (χ1n) is 9.82. The molecule has 16 heteroatoms. The van der Waals surface area contributed by atoms with Gasteiger partial charge in [-0.25, -0.2) is 13.8 Å². The molecule has 5 nitrogen and oxygen atoms in total. The SMILES string of the molecule is O=C(Nc1cccc(C(=O)Nc2c(Br)cc(C(F)(C(F)(F)F)C(F)(F)F)cc2Br)c1F)c1cccnc1Cl. The van der Waals surface area contributed by atoms with Crippen LogP contribution in [0, 0.1) is 5.82 Å². The van der Waals surface area contributed by atoms with E-state index in [1.165, 1.54) is 24.4 Å². The molecule has 2 N–H and O–H groups in total. The molecule has 0 unspecified atom stereocenters. The van der Waals surface area contributed by atoms with Crippen LogP contribution in [0.2, 0.25) is 5.15 Å². The molecular formula is C22H10Br2ClF8N3O2. The lowest BCUT2D eigenvalue weighted by molar-refractivity contribution is -0.348. The van der Waals surface area contributed by atoms with Crippen LogP contribution in [0.3, 0.4) is 0 Å². The number of hydrogen-bond donors (Lipinski definition) is 2. The highest BCUT2D eigenvalue weighted by Gasteiger charge is 2.73. The Morgan fingerprint density at radius 2 is 1.34 bits per heavy atom. The molecule has 0 aliphatic carbocycles. The van der Waals surface area contributed by atoms with E-state index in [1.807, 2.05) is 0 Å². The molecule has 38 heavy (non-hydrogen) atoms. The van der Waals surface area contributed by atoms with Gasteiger partial charge in [0.25, 0.3) is 11.8 Å². The monoisotopic (exact) mass is 693 g/mol. The third-order valence-corrected chi connectivity index (χ3v) is 6.51. The number of carbonyl (C=O) groups is 2. The normalized spacial score (nSPS) is 12.3. The number of hydrogen-bond acceptors (Lipinski definition) is 3. The quantitative estimate of drug-likeness (QED) is 0.209. The highest BCUT2D eigenvalue weighted by atomic mass is 79.9. The van der Waals surface area contributed by atoms with E-state index in [2.05, 4.69) is 47.5 Å². The van der Waals surface area contributed by atoms with E-state index < -0.39 is 67.1 Å². The molecule has 202 valence electrons. The number of halogens is 11. The van der Waals surface area contributed by atoms with Crippen molar-refractivity contribution >= 4 is 66.6 Å². The summed E-state index contributed by atoms with van der Waals surface area (Å²) in [5.41, 5.74) is -9.18. The maximum Gasteiger partial charge on any atom is 0.435 e. The van der Waals surface area contributed by atoms with Gasteiger partial charge in [-0.1, -0.05) is 17.7 Å². The molecule has 0 spiro atoms. The Morgan fingerprint density at radius 1 is 0.816 bits per heavy atom. The van der Waals surface area contributed by atoms with Gasteiger partial charge in [0.2, 0.25) is 0 Å². The van der Waals surface area contributed by atoms with Crippen LogP contribution < -0.4 is 10.6 Å². The summed E-state index contributed by atoms with van der Waals surface area (Å²) >= 11 is 11.2. The molecule has 0 bridgehead atoms. The molecule has 0 aliphatic rings. The third-order valence-electron chi connectivity index (χ3n) is 4.95. The highest BCUT2D eigenvalue weighted by molar-refractivity contribution is 9.11. The van der Waals surface area contributed by atoms with Gasteiger partial charge in [-0.05, 0) is 68.3 Å². The average Bonchev–Trinajstić information content (AvgIpc) is 2.80. The van der Waals surface area contributed by atoms with Crippen molar-refractivity contribution in [1.82, 2.24) is 4.98 Å². The lowest BCUT2D eigenvalue weighted by Gasteiger charge is -2.31. The van der Waals surface area contributed by atoms with Crippen LogP contribution in [0.15, 0.2) is 57.6 Å². The van der Waals surface area contributed by atoms with Gasteiger partial charge < -0.3 is 10.6 Å². The number of nitrogens with one attached hydrogen (secondary N) is 2. The van der Waals surface area contributed by atoms with Gasteiger partial charge in [-0.15, -0.1) is 0 Å². The number of anilines is 2. The molecule has 0 saturated carbocycles. The number of pyridine rings is 1. The van der Waals surface area contributed by atoms with Crippen molar-refractivity contribution < 1.29 is 44.7 Å². The van der Waals surface area contributed by atoms with E-state index in [-0.39, 0.29) is 22.8 Å². The standard InChI is InChI=1S/C22H10Br2ClF8N3O2/c23-12-7-9(20(27,21(28,29)30)22(31,32)33)8-13(24)16(12)36-18(37)10-3-1-5-14(15(10)26)35-19(38)11-4-2-6-34-17(11)25/h1-8H,(H,35,38)(H,36,37). The van der Waals surface area contributed by atoms with Crippen molar-refractivity contribution in [3.05, 3.63) is 85.3 Å². The zero-order valence-electron chi connectivity index (χ0n) is 18.0. The summed E-state index contributed by atoms with van der Waals surface area (Å²) in [7, 11) is 0. The lowest BCUT2D eigenvalue weighted by atomic mass is 9.94. The van der Waals surface area contributed by atoms with Crippen molar-refractivity contribution in [2.24, 2.45) is 0 Å². The fourth-order valence-electron chi connectivity index (χ4n) is 3.11. The summed E-state index contributed by atoms with van der Waals surface area (Å²) in [4.78, 5) is 28.8. The molecule has 0 aliphatic heterocycles. The summed E-state index contributed by atoms with van der Waals surface area (Å²) in [6, 6.07) is 6.38. The minimum Gasteiger partial charge on any atom is -0.320 e. The van der Waals surface area contributed by atoms with Gasteiger partial charge >= 0.3 is 18.0 Å². The van der Waals surface area contributed by atoms with Gasteiger partial charge in [0, 0.05) is 20.7 Å². The van der Waals surface area contributed by atoms with Gasteiger partial charge in [-0.3, -0.25) is 9.59 Å². The first-order valence-corrected chi connectivity index (χ1v) is 11.8. The fourth-order valence-corrected chi connectivity index (χ4v) is 4.70. The first-order chi connectivity index (χ1) is 17.5. The van der Waals surface area contributed by atoms with Crippen molar-refractivity contribution in [3.63, 3.8) is 0 Å². The number of alkyl halides is 7. The minimum atomic E-state index is -6.36. The van der Waals surface area contributed by atoms with Gasteiger partial charge in [0.05, 0.1) is 22.5 Å². The van der Waals surface area contributed by atoms with Crippen molar-refractivity contribution in [2.45, 2.75) is 18.0 Å². The van der Waals surface area contributed by atoms with E-state index in [0.29, 0.717) is 0 Å². The van der Waals surface area contributed by atoms with Crippen LogP contribution in [0.25, 0.3) is 0 Å². The van der Waals surface area contributed by atoms with Crippen molar-refractivity contribution in [1.29, 1.82) is 0 Å². The lowest BCUT2D eigenvalue weighted by Crippen LogP contribution is -2.50. The molecule has 1 heterocycles. The number of aromatic nitrogens is 1. The Balaban J connectivity index is 1.93. The second kappa shape index (κ2) is 10.8. The minimum absolute atomic E-state index is 0.0991. The zero-order valence-corrected chi connectivity index (χ0v) is 22.0. The van der Waals surface area contributed by atoms with Gasteiger partial charge in [0.1, 0.15) is 5.15 Å². The number of benzene rings is 2. The molecular weight excluding hydrogens is 686 g/mol. The van der Waals surface area contributed by atoms with Gasteiger partial charge in [-0.2, -0.15) is 26.3 Å². The van der Waals surface area contributed by atoms with E-state index in [9.17, 15) is 40.3 Å². The zero-order chi connectivity index (χ0) is 28.6. The second-order valence-corrected chi connectivity index (χ2v) is 9.45. The molecule has 3 rings (SSSR count). The van der Waals surface area contributed by atoms with Crippen LogP contribution in [0.1, 0.15) is 26.3 Å². The Kier molecular flexibility index (Phi) is 8.44. The largest absolute Gasteiger partial charge is 0.435 e. The van der Waals surface area contributed by atoms with Crippen molar-refractivity contribution in [2.75, 3.05) is 10.6 Å². The molecule has 0 radical (unpaired) electrons. The number of carbonyl (C=O) groups excluding carboxylic acids is 2. The average molecular weight is 696 g/mol. The van der Waals surface area contributed by atoms with E-state index in [1.54, 1.807) is 0 Å². The van der Waals surface area contributed by atoms with Crippen LogP contribution >= 0.6 is 43.5 Å². The summed E-state index contributed by atoms with van der Waals surface area (Å²) < 4.78 is 107. The van der Waals surface area contributed by atoms with Crippen LogP contribution in [-0.4, -0.2) is 29.2 Å². The molecule has 0 fully saturated rings. The molecule has 2 aromatic carbocycles. The first kappa shape index (κ1) is 29.8. The molecule has 1 aromatic heterocycles. The van der Waals surface area contributed by atoms with Crippen molar-refractivity contribution in [3.8, 4) is 0 Å². The second-order valence-electron chi connectivity index (χ2n) is 7.39. The summed E-state index contributed by atoms with van der Waals surface area (Å²) in [6.45, 7) is 0. The van der Waals surface area contributed by atoms with E-state index in [4.69, 9.17) is 11.6 Å². The maximum atomic E-state index is 15.0. The smallest absolute Gasteiger partial charge is 0.320 e. The van der Waals surface area contributed by atoms with Crippen LogP contribution in [0.4, 0.5) is 46.5 Å². The number of rotatable bonds is 5. The summed E-state index contributed by atoms with van der Waals surface area (Å²) in [5.74, 6) is -3.28. The van der Waals surface area contributed by atoms with Crippen LogP contribution in [-0.2, 0) is 5.67 Å². The summed E-state index contributed by atoms with van der Waals surface area (Å²) in [5, 5.41) is 4.15. The van der Waals surface area contributed by atoms with E-state index in [0.717, 1.165) is 12.1 Å². The predicted molar refractivity (Wildman–Crippen MR) is 128 cm³/mol. The third kappa shape index (κ3) is 5.64. The Labute approximate surface area is 229 Å². The summed E-state index contributed by atoms with van der Waals surface area (Å²) in [6.07, 6.45) is -11.4. The Hall–Kier alpha value is -2.78.